The number of hydrogen-bond acceptors (Lipinski definition) is 2. The third-order valence-corrected chi connectivity index (χ3v) is 6.90. The van der Waals surface area contributed by atoms with Gasteiger partial charge in [0.2, 0.25) is 0 Å². The van der Waals surface area contributed by atoms with Gasteiger partial charge in [-0.25, -0.2) is 0 Å². The Kier molecular flexibility index (Phi) is 3.97. The van der Waals surface area contributed by atoms with E-state index in [0.717, 1.165) is 0 Å². The normalized spacial score (nSPS) is 10.6. The third-order valence-electron chi connectivity index (χ3n) is 2.82. The molecule has 0 aliphatic rings. The Morgan fingerprint density at radius 3 is 2.00 bits per heavy atom. The van der Waals surface area contributed by atoms with Crippen LogP contribution in [0.4, 0.5) is 0 Å². The first-order chi connectivity index (χ1) is 9.38. The predicted molar refractivity (Wildman–Crippen MR) is 89.3 cm³/mol. The Labute approximate surface area is 125 Å². The molecule has 0 saturated carbocycles. The Morgan fingerprint density at radius 2 is 1.42 bits per heavy atom. The quantitative estimate of drug-likeness (QED) is 0.413. The van der Waals surface area contributed by atoms with Crippen LogP contribution in [0.15, 0.2) is 64.2 Å². The monoisotopic (exact) mass is 301 g/mol. The van der Waals surface area contributed by atoms with E-state index in [1.807, 2.05) is 34.4 Å². The fraction of sp³-hybridized carbons (Fsp3) is 0.0625. The summed E-state index contributed by atoms with van der Waals surface area (Å²) in [7, 11) is 0. The minimum absolute atomic E-state index is 1.31. The van der Waals surface area contributed by atoms with Gasteiger partial charge in [0.15, 0.2) is 9.75 Å². The lowest BCUT2D eigenvalue weighted by Crippen LogP contribution is -1.76. The molecule has 3 heteroatoms. The zero-order valence-electron chi connectivity index (χ0n) is 10.5. The Bertz CT molecular complexity index is 600. The molecule has 94 valence electrons. The first-order valence-corrected chi connectivity index (χ1v) is 8.86. The fourth-order valence-electron chi connectivity index (χ4n) is 1.92. The highest BCUT2D eigenvalue weighted by atomic mass is 32.2. The van der Waals surface area contributed by atoms with Gasteiger partial charge in [-0.2, -0.15) is 0 Å². The summed E-state index contributed by atoms with van der Waals surface area (Å²) in [5.74, 6) is 0. The summed E-state index contributed by atoms with van der Waals surface area (Å²) in [6, 6.07) is 21.3. The number of thioether (sulfide) groups is 1. The maximum absolute atomic E-state index is 2.19. The summed E-state index contributed by atoms with van der Waals surface area (Å²) in [6.07, 6.45) is 2.14. The number of rotatable bonds is 3. The highest BCUT2D eigenvalue weighted by Gasteiger charge is 2.24. The minimum Gasteiger partial charge on any atom is -0.0622 e. The predicted octanol–water partition coefficient (Wildman–Crippen LogP) is 6.15. The van der Waals surface area contributed by atoms with Crippen LogP contribution in [-0.4, -0.2) is 6.26 Å². The molecular formula is C16H13S3+. The van der Waals surface area contributed by atoms with Crippen molar-refractivity contribution in [3.8, 4) is 20.9 Å². The van der Waals surface area contributed by atoms with Crippen molar-refractivity contribution < 1.29 is 0 Å². The van der Waals surface area contributed by atoms with E-state index in [0.29, 0.717) is 0 Å². The van der Waals surface area contributed by atoms with Crippen molar-refractivity contribution in [2.24, 2.45) is 0 Å². The Hall–Kier alpha value is -1.16. The van der Waals surface area contributed by atoms with Crippen LogP contribution in [0.3, 0.4) is 0 Å². The van der Waals surface area contributed by atoms with E-state index in [4.69, 9.17) is 0 Å². The van der Waals surface area contributed by atoms with Crippen LogP contribution in [0.5, 0.6) is 0 Å². The van der Waals surface area contributed by atoms with Gasteiger partial charge in [-0.3, -0.25) is 0 Å². The molecule has 0 amide bonds. The molecule has 0 spiro atoms. The zero-order chi connectivity index (χ0) is 13.1. The molecule has 0 aliphatic carbocycles. The van der Waals surface area contributed by atoms with E-state index in [9.17, 15) is 0 Å². The Balaban J connectivity index is 2.17. The molecule has 1 aromatic heterocycles. The van der Waals surface area contributed by atoms with Crippen molar-refractivity contribution in [3.05, 3.63) is 60.7 Å². The summed E-state index contributed by atoms with van der Waals surface area (Å²) >= 11 is 5.61. The van der Waals surface area contributed by atoms with Crippen molar-refractivity contribution in [3.63, 3.8) is 0 Å². The molecule has 2 aromatic carbocycles. The molecule has 0 unspecified atom stereocenters. The van der Waals surface area contributed by atoms with Crippen LogP contribution in [0.1, 0.15) is 0 Å². The topological polar surface area (TPSA) is 0 Å². The molecule has 1 heterocycles. The van der Waals surface area contributed by atoms with E-state index < -0.39 is 0 Å². The van der Waals surface area contributed by atoms with Gasteiger partial charge in [0.25, 0.3) is 0 Å². The molecule has 0 fully saturated rings. The van der Waals surface area contributed by atoms with Gasteiger partial charge in [0.1, 0.15) is 22.7 Å². The van der Waals surface area contributed by atoms with E-state index >= 15 is 0 Å². The van der Waals surface area contributed by atoms with Gasteiger partial charge in [-0.1, -0.05) is 72.4 Å². The second-order valence-corrected chi connectivity index (χ2v) is 7.68. The van der Waals surface area contributed by atoms with Crippen LogP contribution in [-0.2, 0) is 0 Å². The Morgan fingerprint density at radius 1 is 0.842 bits per heavy atom. The number of hydrogen-bond donors (Lipinski definition) is 0. The van der Waals surface area contributed by atoms with Gasteiger partial charge in [0.05, 0.1) is 0 Å². The van der Waals surface area contributed by atoms with E-state index in [2.05, 4.69) is 66.9 Å². The first-order valence-electron chi connectivity index (χ1n) is 6.00. The van der Waals surface area contributed by atoms with Crippen LogP contribution in [0.25, 0.3) is 20.9 Å². The SMILES string of the molecule is CSc1sc(-c2ccccc2)c(-c2ccccc2)[s+]1. The van der Waals surface area contributed by atoms with E-state index in [1.54, 1.807) is 0 Å². The van der Waals surface area contributed by atoms with Crippen LogP contribution in [0.2, 0.25) is 0 Å². The highest BCUT2D eigenvalue weighted by molar-refractivity contribution is 8.02. The molecule has 0 radical (unpaired) electrons. The van der Waals surface area contributed by atoms with E-state index in [1.165, 1.54) is 24.4 Å². The van der Waals surface area contributed by atoms with Crippen molar-refractivity contribution in [2.75, 3.05) is 6.26 Å². The molecule has 0 aliphatic heterocycles. The molecule has 3 rings (SSSR count). The van der Waals surface area contributed by atoms with Crippen molar-refractivity contribution in [2.45, 2.75) is 3.52 Å². The standard InChI is InChI=1S/C16H13S3/c1-17-16-18-14(12-8-4-2-5-9-12)15(19-16)13-10-6-3-7-11-13/h2-11H,1H3/q+1. The van der Waals surface area contributed by atoms with Crippen LogP contribution >= 0.6 is 34.4 Å². The van der Waals surface area contributed by atoms with Gasteiger partial charge in [0, 0.05) is 11.1 Å². The molecule has 0 saturated heterocycles. The lowest BCUT2D eigenvalue weighted by atomic mass is 10.1. The second-order valence-electron chi connectivity index (χ2n) is 4.05. The summed E-state index contributed by atoms with van der Waals surface area (Å²) in [6.45, 7) is 0. The lowest BCUT2D eigenvalue weighted by Gasteiger charge is -1.96. The summed E-state index contributed by atoms with van der Waals surface area (Å²) < 4.78 is 1.40. The van der Waals surface area contributed by atoms with Crippen molar-refractivity contribution in [1.82, 2.24) is 0 Å². The number of benzene rings is 2. The summed E-state index contributed by atoms with van der Waals surface area (Å²) in [5, 5.41) is 0. The van der Waals surface area contributed by atoms with Crippen molar-refractivity contribution in [1.29, 1.82) is 0 Å². The molecule has 0 bridgehead atoms. The highest BCUT2D eigenvalue weighted by Crippen LogP contribution is 2.46. The van der Waals surface area contributed by atoms with Gasteiger partial charge < -0.3 is 0 Å². The maximum Gasteiger partial charge on any atom is 0.313 e. The second kappa shape index (κ2) is 5.87. The summed E-state index contributed by atoms with van der Waals surface area (Å²) in [4.78, 5) is 2.75. The third kappa shape index (κ3) is 2.73. The largest absolute Gasteiger partial charge is 0.313 e. The molecule has 3 aromatic rings. The van der Waals surface area contributed by atoms with Gasteiger partial charge in [-0.15, -0.1) is 0 Å². The van der Waals surface area contributed by atoms with Crippen molar-refractivity contribution >= 4 is 34.4 Å². The zero-order valence-corrected chi connectivity index (χ0v) is 12.9. The lowest BCUT2D eigenvalue weighted by molar-refractivity contribution is 1.67. The fourth-order valence-corrected chi connectivity index (χ4v) is 5.27. The van der Waals surface area contributed by atoms with Gasteiger partial charge >= 0.3 is 3.52 Å². The first kappa shape index (κ1) is 12.9. The average Bonchev–Trinajstić information content (AvgIpc) is 2.93. The molecule has 0 N–H and O–H groups in total. The molecule has 0 nitrogen and oxygen atoms in total. The van der Waals surface area contributed by atoms with Gasteiger partial charge in [-0.05, 0) is 6.26 Å². The maximum atomic E-state index is 2.19. The van der Waals surface area contributed by atoms with Crippen LogP contribution < -0.4 is 0 Å². The van der Waals surface area contributed by atoms with Crippen LogP contribution in [0, 0.1) is 0 Å². The smallest absolute Gasteiger partial charge is 0.0622 e. The molecular weight excluding hydrogens is 288 g/mol. The van der Waals surface area contributed by atoms with E-state index in [-0.39, 0.29) is 0 Å². The summed E-state index contributed by atoms with van der Waals surface area (Å²) in [5.41, 5.74) is 2.62. The molecule has 0 atom stereocenters. The average molecular weight is 301 g/mol. The minimum atomic E-state index is 1.31. The molecule has 19 heavy (non-hydrogen) atoms.